The first-order valence-electron chi connectivity index (χ1n) is 10.8. The number of hydrogen-bond acceptors (Lipinski definition) is 5. The SMILES string of the molecule is Cc1cc(-c2cc(C(=O)Nc3ccccc3-n3cccn3)c3cnn(C(C)C)c3n2)c(C)o1. The first-order valence-corrected chi connectivity index (χ1v) is 10.8. The molecule has 8 nitrogen and oxygen atoms in total. The number of anilines is 1. The van der Waals surface area contributed by atoms with Crippen LogP contribution < -0.4 is 5.32 Å². The molecule has 0 saturated carbocycles. The van der Waals surface area contributed by atoms with Crippen molar-refractivity contribution in [1.82, 2.24) is 24.5 Å². The quantitative estimate of drug-likeness (QED) is 0.399. The van der Waals surface area contributed by atoms with Gasteiger partial charge in [0.1, 0.15) is 11.5 Å². The maximum atomic E-state index is 13.6. The third-order valence-corrected chi connectivity index (χ3v) is 5.52. The zero-order valence-electron chi connectivity index (χ0n) is 18.9. The minimum atomic E-state index is -0.246. The standard InChI is InChI=1S/C25H24N6O2/c1-15(2)31-24-20(14-27-31)19(13-22(28-24)18-12-16(3)33-17(18)4)25(32)29-21-8-5-6-9-23(21)30-11-7-10-26-30/h5-15H,1-4H3,(H,29,32). The summed E-state index contributed by atoms with van der Waals surface area (Å²) < 4.78 is 9.27. The van der Waals surface area contributed by atoms with Gasteiger partial charge in [0, 0.05) is 24.0 Å². The van der Waals surface area contributed by atoms with Crippen LogP contribution in [0.15, 0.2) is 65.5 Å². The molecule has 1 N–H and O–H groups in total. The van der Waals surface area contributed by atoms with E-state index in [4.69, 9.17) is 9.40 Å². The molecule has 166 valence electrons. The smallest absolute Gasteiger partial charge is 0.256 e. The molecule has 0 atom stereocenters. The molecule has 8 heteroatoms. The van der Waals surface area contributed by atoms with E-state index in [9.17, 15) is 4.79 Å². The minimum Gasteiger partial charge on any atom is -0.466 e. The van der Waals surface area contributed by atoms with Crippen LogP contribution in [-0.4, -0.2) is 30.5 Å². The minimum absolute atomic E-state index is 0.0916. The highest BCUT2D eigenvalue weighted by atomic mass is 16.3. The first kappa shape index (κ1) is 20.7. The van der Waals surface area contributed by atoms with E-state index in [-0.39, 0.29) is 11.9 Å². The van der Waals surface area contributed by atoms with Crippen molar-refractivity contribution in [3.05, 3.63) is 78.1 Å². The molecule has 5 aromatic rings. The zero-order valence-corrected chi connectivity index (χ0v) is 18.9. The predicted octanol–water partition coefficient (Wildman–Crippen LogP) is 5.33. The van der Waals surface area contributed by atoms with Crippen molar-refractivity contribution in [2.24, 2.45) is 0 Å². The van der Waals surface area contributed by atoms with Crippen LogP contribution in [0, 0.1) is 13.8 Å². The van der Waals surface area contributed by atoms with E-state index in [2.05, 4.69) is 15.5 Å². The molecule has 4 heterocycles. The number of carbonyl (C=O) groups excluding carboxylic acids is 1. The van der Waals surface area contributed by atoms with Crippen LogP contribution in [0.3, 0.4) is 0 Å². The van der Waals surface area contributed by atoms with Gasteiger partial charge in [0.15, 0.2) is 5.65 Å². The van der Waals surface area contributed by atoms with Crippen molar-refractivity contribution in [2.45, 2.75) is 33.7 Å². The maximum Gasteiger partial charge on any atom is 0.256 e. The third-order valence-electron chi connectivity index (χ3n) is 5.52. The molecule has 0 saturated heterocycles. The summed E-state index contributed by atoms with van der Waals surface area (Å²) in [5, 5.41) is 12.5. The molecule has 1 amide bonds. The van der Waals surface area contributed by atoms with Gasteiger partial charge in [-0.1, -0.05) is 12.1 Å². The fraction of sp³-hybridized carbons (Fsp3) is 0.200. The lowest BCUT2D eigenvalue weighted by Gasteiger charge is -2.13. The van der Waals surface area contributed by atoms with Crippen LogP contribution in [0.4, 0.5) is 5.69 Å². The Morgan fingerprint density at radius 2 is 1.91 bits per heavy atom. The fourth-order valence-electron chi connectivity index (χ4n) is 3.99. The summed E-state index contributed by atoms with van der Waals surface area (Å²) in [6, 6.07) is 13.2. The van der Waals surface area contributed by atoms with E-state index >= 15 is 0 Å². The number of aryl methyl sites for hydroxylation is 2. The molecule has 4 aromatic heterocycles. The first-order chi connectivity index (χ1) is 15.9. The van der Waals surface area contributed by atoms with Crippen LogP contribution in [-0.2, 0) is 0 Å². The maximum absolute atomic E-state index is 13.6. The Kier molecular flexibility index (Phi) is 5.05. The van der Waals surface area contributed by atoms with Gasteiger partial charge in [-0.25, -0.2) is 14.3 Å². The second kappa shape index (κ2) is 8.05. The number of para-hydroxylation sites is 2. The number of furan rings is 1. The highest BCUT2D eigenvalue weighted by Gasteiger charge is 2.21. The lowest BCUT2D eigenvalue weighted by Crippen LogP contribution is -2.15. The molecule has 0 spiro atoms. The van der Waals surface area contributed by atoms with Crippen LogP contribution in [0.5, 0.6) is 0 Å². The van der Waals surface area contributed by atoms with Gasteiger partial charge in [-0.15, -0.1) is 0 Å². The number of carbonyl (C=O) groups is 1. The summed E-state index contributed by atoms with van der Waals surface area (Å²) in [5.41, 5.74) is 4.12. The molecular formula is C25H24N6O2. The second-order valence-corrected chi connectivity index (χ2v) is 8.22. The highest BCUT2D eigenvalue weighted by Crippen LogP contribution is 2.31. The van der Waals surface area contributed by atoms with Crippen LogP contribution in [0.1, 0.15) is 41.8 Å². The van der Waals surface area contributed by atoms with Crippen molar-refractivity contribution in [1.29, 1.82) is 0 Å². The Morgan fingerprint density at radius 1 is 1.09 bits per heavy atom. The molecule has 0 aliphatic heterocycles. The number of fused-ring (bicyclic) bond motifs is 1. The molecule has 33 heavy (non-hydrogen) atoms. The molecule has 1 aromatic carbocycles. The van der Waals surface area contributed by atoms with Gasteiger partial charge in [-0.05, 0) is 58.0 Å². The van der Waals surface area contributed by atoms with Crippen LogP contribution in [0.2, 0.25) is 0 Å². The van der Waals surface area contributed by atoms with Gasteiger partial charge in [0.2, 0.25) is 0 Å². The monoisotopic (exact) mass is 440 g/mol. The number of aromatic nitrogens is 5. The zero-order chi connectivity index (χ0) is 23.1. The Hall–Kier alpha value is -4.20. The van der Waals surface area contributed by atoms with Gasteiger partial charge in [0.05, 0.1) is 34.2 Å². The van der Waals surface area contributed by atoms with Gasteiger partial charge in [0.25, 0.3) is 5.91 Å². The Balaban J connectivity index is 1.64. The number of hydrogen-bond donors (Lipinski definition) is 1. The Morgan fingerprint density at radius 3 is 2.61 bits per heavy atom. The van der Waals surface area contributed by atoms with Crippen molar-refractivity contribution < 1.29 is 9.21 Å². The normalized spacial score (nSPS) is 11.4. The molecular weight excluding hydrogens is 416 g/mol. The largest absolute Gasteiger partial charge is 0.466 e. The number of amides is 1. The number of nitrogens with one attached hydrogen (secondary N) is 1. The average molecular weight is 441 g/mol. The number of rotatable bonds is 5. The number of pyridine rings is 1. The highest BCUT2D eigenvalue weighted by molar-refractivity contribution is 6.13. The van der Waals surface area contributed by atoms with Crippen molar-refractivity contribution in [3.8, 4) is 16.9 Å². The van der Waals surface area contributed by atoms with Crippen molar-refractivity contribution in [2.75, 3.05) is 5.32 Å². The second-order valence-electron chi connectivity index (χ2n) is 8.22. The molecule has 0 bridgehead atoms. The van der Waals surface area contributed by atoms with E-state index in [1.807, 2.05) is 75.0 Å². The van der Waals surface area contributed by atoms with Gasteiger partial charge >= 0.3 is 0 Å². The Bertz CT molecular complexity index is 1460. The van der Waals surface area contributed by atoms with Crippen molar-refractivity contribution >= 4 is 22.6 Å². The van der Waals surface area contributed by atoms with Gasteiger partial charge < -0.3 is 9.73 Å². The van der Waals surface area contributed by atoms with Crippen LogP contribution >= 0.6 is 0 Å². The fourth-order valence-corrected chi connectivity index (χ4v) is 3.99. The van der Waals surface area contributed by atoms with E-state index < -0.39 is 0 Å². The van der Waals surface area contributed by atoms with E-state index in [1.165, 1.54) is 0 Å². The summed E-state index contributed by atoms with van der Waals surface area (Å²) in [7, 11) is 0. The summed E-state index contributed by atoms with van der Waals surface area (Å²) in [6.07, 6.45) is 5.24. The summed E-state index contributed by atoms with van der Waals surface area (Å²) in [6.45, 7) is 7.86. The van der Waals surface area contributed by atoms with Gasteiger partial charge in [-0.3, -0.25) is 4.79 Å². The van der Waals surface area contributed by atoms with Crippen molar-refractivity contribution in [3.63, 3.8) is 0 Å². The van der Waals surface area contributed by atoms with E-state index in [0.29, 0.717) is 28.0 Å². The number of benzene rings is 1. The van der Waals surface area contributed by atoms with Crippen LogP contribution in [0.25, 0.3) is 28.0 Å². The number of nitrogens with zero attached hydrogens (tertiary/aromatic N) is 5. The lowest BCUT2D eigenvalue weighted by molar-refractivity contribution is 0.102. The third kappa shape index (κ3) is 3.69. The average Bonchev–Trinajstić information content (AvgIpc) is 3.53. The molecule has 0 fully saturated rings. The topological polar surface area (TPSA) is 90.8 Å². The molecule has 0 aliphatic carbocycles. The molecule has 0 aliphatic rings. The van der Waals surface area contributed by atoms with Gasteiger partial charge in [-0.2, -0.15) is 10.2 Å². The van der Waals surface area contributed by atoms with E-state index in [0.717, 1.165) is 22.8 Å². The summed E-state index contributed by atoms with van der Waals surface area (Å²) >= 11 is 0. The van der Waals surface area contributed by atoms with E-state index in [1.54, 1.807) is 23.1 Å². The summed E-state index contributed by atoms with van der Waals surface area (Å²) in [5.74, 6) is 1.30. The predicted molar refractivity (Wildman–Crippen MR) is 127 cm³/mol. The lowest BCUT2D eigenvalue weighted by atomic mass is 10.1. The molecule has 0 unspecified atom stereocenters. The Labute approximate surface area is 190 Å². The summed E-state index contributed by atoms with van der Waals surface area (Å²) in [4.78, 5) is 18.4. The molecule has 0 radical (unpaired) electrons. The molecule has 5 rings (SSSR count).